The van der Waals surface area contributed by atoms with Gasteiger partial charge in [0, 0.05) is 0 Å². The summed E-state index contributed by atoms with van der Waals surface area (Å²) in [5, 5.41) is -1.04. The second-order valence-corrected chi connectivity index (χ2v) is 7.54. The van der Waals surface area contributed by atoms with Crippen LogP contribution in [0, 0.1) is 0 Å². The van der Waals surface area contributed by atoms with Gasteiger partial charge in [0.1, 0.15) is 12.4 Å². The number of halogens is 3. The van der Waals surface area contributed by atoms with Crippen LogP contribution in [0.5, 0.6) is 0 Å². The molecule has 13 heteroatoms. The first-order chi connectivity index (χ1) is 9.92. The Morgan fingerprint density at radius 3 is 2.36 bits per heavy atom. The van der Waals surface area contributed by atoms with Crippen molar-refractivity contribution in [1.29, 1.82) is 0 Å². The molecule has 1 saturated heterocycles. The predicted molar refractivity (Wildman–Crippen MR) is 62.9 cm³/mol. The van der Waals surface area contributed by atoms with Crippen molar-refractivity contribution in [2.75, 3.05) is 6.61 Å². The smallest absolute Gasteiger partial charge is 0.460 e. The van der Waals surface area contributed by atoms with Crippen molar-refractivity contribution in [3.8, 4) is 0 Å². The van der Waals surface area contributed by atoms with E-state index < -0.39 is 36.9 Å². The van der Waals surface area contributed by atoms with Gasteiger partial charge in [-0.05, 0) is 12.1 Å². The van der Waals surface area contributed by atoms with Gasteiger partial charge in [-0.2, -0.15) is 13.2 Å². The number of sulfonamides is 2. The van der Waals surface area contributed by atoms with E-state index in [0.29, 0.717) is 4.13 Å². The van der Waals surface area contributed by atoms with Gasteiger partial charge < -0.3 is 13.9 Å². The third-order valence-electron chi connectivity index (χ3n) is 2.29. The Morgan fingerprint density at radius 2 is 1.86 bits per heavy atom. The van der Waals surface area contributed by atoms with E-state index in [1.54, 1.807) is 0 Å². The molecule has 1 aromatic heterocycles. The Kier molecular flexibility index (Phi) is 4.01. The van der Waals surface area contributed by atoms with Gasteiger partial charge in [-0.25, -0.2) is 16.8 Å². The van der Waals surface area contributed by atoms with Crippen LogP contribution in [-0.4, -0.2) is 29.0 Å². The topological polar surface area (TPSA) is 112 Å². The maximum Gasteiger partial charge on any atom is 0.512 e. The molecule has 22 heavy (non-hydrogen) atoms. The summed E-state index contributed by atoms with van der Waals surface area (Å²) in [7, 11) is -11.2. The van der Waals surface area contributed by atoms with E-state index in [1.165, 1.54) is 0 Å². The van der Waals surface area contributed by atoms with Crippen molar-refractivity contribution in [1.82, 2.24) is 4.13 Å². The lowest BCUT2D eigenvalue weighted by atomic mass is 10.4. The van der Waals surface area contributed by atoms with Crippen molar-refractivity contribution in [3.05, 3.63) is 30.2 Å². The summed E-state index contributed by atoms with van der Waals surface area (Å²) in [5.41, 5.74) is -5.79. The van der Waals surface area contributed by atoms with Crippen LogP contribution in [-0.2, 0) is 29.5 Å². The number of nitrogens with one attached hydrogen (secondary N) is 1. The van der Waals surface area contributed by atoms with Crippen molar-refractivity contribution < 1.29 is 43.9 Å². The molecule has 0 bridgehead atoms. The quantitative estimate of drug-likeness (QED) is 0.848. The van der Waals surface area contributed by atoms with Crippen LogP contribution in [0.2, 0.25) is 0 Å². The molecule has 1 aliphatic heterocycles. The molecule has 1 aromatic rings. The highest BCUT2D eigenvalue weighted by atomic mass is 32.3. The molecule has 1 fully saturated rings. The molecule has 0 radical (unpaired) electrons. The summed E-state index contributed by atoms with van der Waals surface area (Å²) in [6.45, 7) is 3.46. The highest BCUT2D eigenvalue weighted by Gasteiger charge is 2.49. The highest BCUT2D eigenvalue weighted by Crippen LogP contribution is 2.31. The van der Waals surface area contributed by atoms with E-state index in [0.717, 1.165) is 12.1 Å². The maximum atomic E-state index is 12.2. The average Bonchev–Trinajstić information content (AvgIpc) is 2.93. The summed E-state index contributed by atoms with van der Waals surface area (Å²) in [6.07, 6.45) is -1.12. The summed E-state index contributed by atoms with van der Waals surface area (Å²) >= 11 is 0. The molecule has 8 nitrogen and oxygen atoms in total. The Morgan fingerprint density at radius 1 is 1.23 bits per heavy atom. The molecular formula is C9H8F3NO7S2. The van der Waals surface area contributed by atoms with Crippen molar-refractivity contribution in [2.24, 2.45) is 0 Å². The first kappa shape index (κ1) is 16.8. The van der Waals surface area contributed by atoms with Crippen LogP contribution in [0.1, 0.15) is 12.1 Å². The first-order valence-electron chi connectivity index (χ1n) is 5.33. The fourth-order valence-corrected chi connectivity index (χ4v) is 3.68. The second-order valence-electron chi connectivity index (χ2n) is 3.99. The predicted octanol–water partition coefficient (Wildman–Crippen LogP) is 0.967. The standard InChI is InChI=1S/C9H8F3NO7S2/c1-5-4-18-8(19-5)6-2-3-7(20-6)21(14,15)13-22(16,17)9(10,11)12/h2-3,8,13H,1,4H2. The van der Waals surface area contributed by atoms with Crippen LogP contribution in [0.25, 0.3) is 0 Å². The third kappa shape index (κ3) is 3.26. The molecule has 0 spiro atoms. The zero-order valence-corrected chi connectivity index (χ0v) is 12.1. The minimum Gasteiger partial charge on any atom is -0.460 e. The third-order valence-corrected chi connectivity index (χ3v) is 5.41. The molecule has 0 amide bonds. The van der Waals surface area contributed by atoms with Gasteiger partial charge in [0.05, 0.1) is 0 Å². The molecule has 2 heterocycles. The lowest BCUT2D eigenvalue weighted by molar-refractivity contribution is -0.0512. The van der Waals surface area contributed by atoms with Crippen LogP contribution in [0.4, 0.5) is 13.2 Å². The summed E-state index contributed by atoms with van der Waals surface area (Å²) in [4.78, 5) is 0. The first-order valence-corrected chi connectivity index (χ1v) is 8.30. The molecule has 1 atom stereocenters. The largest absolute Gasteiger partial charge is 0.512 e. The molecule has 1 unspecified atom stereocenters. The molecule has 1 N–H and O–H groups in total. The number of alkyl halides is 3. The van der Waals surface area contributed by atoms with Crippen molar-refractivity contribution in [2.45, 2.75) is 16.9 Å². The van der Waals surface area contributed by atoms with Crippen LogP contribution >= 0.6 is 0 Å². The van der Waals surface area contributed by atoms with Gasteiger partial charge >= 0.3 is 15.5 Å². The Hall–Kier alpha value is -1.57. The summed E-state index contributed by atoms with van der Waals surface area (Å²) in [5.74, 6) is 0.0620. The molecule has 0 aromatic carbocycles. The number of furan rings is 1. The van der Waals surface area contributed by atoms with Gasteiger partial charge in [-0.15, -0.1) is 0 Å². The zero-order chi connectivity index (χ0) is 16.8. The zero-order valence-electron chi connectivity index (χ0n) is 10.5. The van der Waals surface area contributed by atoms with Gasteiger partial charge in [0.15, 0.2) is 5.76 Å². The van der Waals surface area contributed by atoms with Gasteiger partial charge in [-0.1, -0.05) is 10.7 Å². The molecule has 1 aliphatic rings. The van der Waals surface area contributed by atoms with Crippen LogP contribution < -0.4 is 4.13 Å². The number of ether oxygens (including phenoxy) is 2. The van der Waals surface area contributed by atoms with Crippen molar-refractivity contribution >= 4 is 20.0 Å². The molecule has 124 valence electrons. The normalized spacial score (nSPS) is 20.1. The molecular weight excluding hydrogens is 355 g/mol. The fraction of sp³-hybridized carbons (Fsp3) is 0.333. The van der Waals surface area contributed by atoms with Gasteiger partial charge in [0.2, 0.25) is 5.09 Å². The Balaban J connectivity index is 2.25. The minimum absolute atomic E-state index is 0.0220. The lowest BCUT2D eigenvalue weighted by Gasteiger charge is -2.09. The number of rotatable bonds is 4. The minimum atomic E-state index is -6.10. The van der Waals surface area contributed by atoms with Crippen LogP contribution in [0.15, 0.2) is 34.0 Å². The molecule has 0 saturated carbocycles. The summed E-state index contributed by atoms with van der Waals surface area (Å²) in [6, 6.07) is 1.81. The lowest BCUT2D eigenvalue weighted by Crippen LogP contribution is -2.40. The highest BCUT2D eigenvalue weighted by molar-refractivity contribution is 8.05. The van der Waals surface area contributed by atoms with E-state index in [2.05, 4.69) is 6.58 Å². The number of hydrogen-bond acceptors (Lipinski definition) is 7. The van der Waals surface area contributed by atoms with E-state index in [4.69, 9.17) is 13.9 Å². The molecule has 2 rings (SSSR count). The average molecular weight is 363 g/mol. The number of hydrogen-bond donors (Lipinski definition) is 1. The fourth-order valence-electron chi connectivity index (χ4n) is 1.37. The van der Waals surface area contributed by atoms with E-state index in [-0.39, 0.29) is 18.1 Å². The van der Waals surface area contributed by atoms with E-state index >= 15 is 0 Å². The summed E-state index contributed by atoms with van der Waals surface area (Å²) < 4.78 is 96.7. The van der Waals surface area contributed by atoms with Gasteiger partial charge in [0.25, 0.3) is 16.3 Å². The van der Waals surface area contributed by atoms with E-state index in [9.17, 15) is 30.0 Å². The Labute approximate surface area is 122 Å². The SMILES string of the molecule is C=C1COC(c2ccc(S(=O)(=O)NS(=O)(=O)C(F)(F)F)o2)O1. The van der Waals surface area contributed by atoms with Crippen LogP contribution in [0.3, 0.4) is 0 Å². The second kappa shape index (κ2) is 5.26. The van der Waals surface area contributed by atoms with E-state index in [1.807, 2.05) is 0 Å². The van der Waals surface area contributed by atoms with Crippen molar-refractivity contribution in [3.63, 3.8) is 0 Å². The van der Waals surface area contributed by atoms with Gasteiger partial charge in [-0.3, -0.25) is 0 Å². The molecule has 0 aliphatic carbocycles. The maximum absolute atomic E-state index is 12.2. The Bertz CT molecular complexity index is 793. The monoisotopic (exact) mass is 363 g/mol.